The van der Waals surface area contributed by atoms with Crippen molar-refractivity contribution in [1.82, 2.24) is 4.98 Å². The van der Waals surface area contributed by atoms with Gasteiger partial charge in [0.15, 0.2) is 0 Å². The summed E-state index contributed by atoms with van der Waals surface area (Å²) < 4.78 is 44.9. The quantitative estimate of drug-likeness (QED) is 0.373. The molecule has 5 N–H and O–H groups in total. The molecule has 0 unspecified atom stereocenters. The Kier molecular flexibility index (Phi) is 6.49. The van der Waals surface area contributed by atoms with Crippen LogP contribution in [-0.4, -0.2) is 27.1 Å². The third-order valence-electron chi connectivity index (χ3n) is 4.53. The Bertz CT molecular complexity index is 1320. The predicted octanol–water partition coefficient (Wildman–Crippen LogP) is 4.38. The summed E-state index contributed by atoms with van der Waals surface area (Å²) in [7, 11) is 0. The van der Waals surface area contributed by atoms with E-state index in [1.807, 2.05) is 4.98 Å². The van der Waals surface area contributed by atoms with E-state index in [9.17, 15) is 37.8 Å². The van der Waals surface area contributed by atoms with Crippen molar-refractivity contribution in [3.63, 3.8) is 0 Å². The molecule has 33 heavy (non-hydrogen) atoms. The third-order valence-corrected chi connectivity index (χ3v) is 5.03. The second kappa shape index (κ2) is 8.98. The molecule has 3 rings (SSSR count). The second-order valence-electron chi connectivity index (χ2n) is 6.73. The highest BCUT2D eigenvalue weighted by Crippen LogP contribution is 2.38. The molecule has 172 valence electrons. The molecule has 0 bridgehead atoms. The van der Waals surface area contributed by atoms with Crippen molar-refractivity contribution in [2.45, 2.75) is 12.8 Å². The summed E-state index contributed by atoms with van der Waals surface area (Å²) in [6.45, 7) is -0.359. The van der Waals surface area contributed by atoms with Gasteiger partial charge in [0.25, 0.3) is 5.56 Å². The number of aromatic amines is 1. The molecule has 0 saturated heterocycles. The smallest absolute Gasteiger partial charge is 0.416 e. The first-order chi connectivity index (χ1) is 15.4. The van der Waals surface area contributed by atoms with Crippen molar-refractivity contribution in [3.8, 4) is 16.9 Å². The molecular formula is C21H14BrF3N2O6. The predicted molar refractivity (Wildman–Crippen MR) is 114 cm³/mol. The van der Waals surface area contributed by atoms with Gasteiger partial charge in [-0.3, -0.25) is 4.79 Å². The fraction of sp³-hybridized carbons (Fsp3) is 0.0952. The number of benzene rings is 2. The van der Waals surface area contributed by atoms with Gasteiger partial charge >= 0.3 is 18.1 Å². The molecule has 0 radical (unpaired) electrons. The minimum atomic E-state index is -4.56. The van der Waals surface area contributed by atoms with Crippen LogP contribution in [0, 0.1) is 0 Å². The van der Waals surface area contributed by atoms with E-state index in [2.05, 4.69) is 15.9 Å². The second-order valence-corrected chi connectivity index (χ2v) is 7.65. The first-order valence-corrected chi connectivity index (χ1v) is 9.80. The summed E-state index contributed by atoms with van der Waals surface area (Å²) >= 11 is 3.19. The third kappa shape index (κ3) is 5.00. The SMILES string of the molecule is Nc1[nH]c(=O)c(C(=O)O)c(-c2cc(Br)ccc2OCc2cccc(C(F)(F)F)c2)c1C(=O)O. The average molecular weight is 527 g/mol. The van der Waals surface area contributed by atoms with Crippen molar-refractivity contribution in [3.05, 3.63) is 79.5 Å². The van der Waals surface area contributed by atoms with Gasteiger partial charge in [-0.25, -0.2) is 9.59 Å². The van der Waals surface area contributed by atoms with Crippen LogP contribution >= 0.6 is 15.9 Å². The molecule has 0 saturated carbocycles. The summed E-state index contributed by atoms with van der Waals surface area (Å²) in [5.41, 5.74) is 1.62. The monoisotopic (exact) mass is 526 g/mol. The number of carboxylic acid groups (broad SMARTS) is 2. The Morgan fingerprint density at radius 1 is 1.06 bits per heavy atom. The van der Waals surface area contributed by atoms with Gasteiger partial charge in [-0.05, 0) is 35.9 Å². The lowest BCUT2D eigenvalue weighted by atomic mass is 9.94. The maximum Gasteiger partial charge on any atom is 0.416 e. The summed E-state index contributed by atoms with van der Waals surface area (Å²) in [5.74, 6) is -3.97. The molecular weight excluding hydrogens is 513 g/mol. The molecule has 0 aliphatic heterocycles. The molecule has 1 aromatic heterocycles. The normalized spacial score (nSPS) is 11.3. The molecule has 0 spiro atoms. The molecule has 8 nitrogen and oxygen atoms in total. The number of carbonyl (C=O) groups is 2. The van der Waals surface area contributed by atoms with E-state index in [-0.39, 0.29) is 23.5 Å². The largest absolute Gasteiger partial charge is 0.488 e. The maximum absolute atomic E-state index is 13.0. The Labute approximate surface area is 191 Å². The minimum Gasteiger partial charge on any atom is -0.488 e. The molecule has 0 aliphatic rings. The topological polar surface area (TPSA) is 143 Å². The number of anilines is 1. The summed E-state index contributed by atoms with van der Waals surface area (Å²) in [6, 6.07) is 8.52. The summed E-state index contributed by atoms with van der Waals surface area (Å²) in [6.07, 6.45) is -4.56. The number of hydrogen-bond acceptors (Lipinski definition) is 5. The molecule has 12 heteroatoms. The highest BCUT2D eigenvalue weighted by atomic mass is 79.9. The van der Waals surface area contributed by atoms with Crippen LogP contribution in [0.4, 0.5) is 19.0 Å². The standard InChI is InChI=1S/C21H14BrF3N2O6/c22-11-4-5-13(33-8-9-2-1-3-10(6-9)21(23,24)25)12(7-11)14-15(19(29)30)17(26)27-18(28)16(14)20(31)32/h1-7H,8H2,(H,29,30)(H,31,32)(H3,26,27,28). The zero-order valence-electron chi connectivity index (χ0n) is 16.4. The Morgan fingerprint density at radius 2 is 1.73 bits per heavy atom. The lowest BCUT2D eigenvalue weighted by molar-refractivity contribution is -0.137. The molecule has 1 heterocycles. The van der Waals surface area contributed by atoms with Crippen molar-refractivity contribution in [2.75, 3.05) is 5.73 Å². The van der Waals surface area contributed by atoms with Crippen molar-refractivity contribution >= 4 is 33.7 Å². The van der Waals surface area contributed by atoms with Gasteiger partial charge in [0, 0.05) is 15.6 Å². The Hall–Kier alpha value is -3.80. The van der Waals surface area contributed by atoms with Gasteiger partial charge in [-0.15, -0.1) is 0 Å². The van der Waals surface area contributed by atoms with E-state index in [0.29, 0.717) is 4.47 Å². The van der Waals surface area contributed by atoms with Crippen LogP contribution in [0.1, 0.15) is 31.8 Å². The van der Waals surface area contributed by atoms with Gasteiger partial charge in [-0.2, -0.15) is 13.2 Å². The lowest BCUT2D eigenvalue weighted by Gasteiger charge is -2.17. The Morgan fingerprint density at radius 3 is 2.33 bits per heavy atom. The van der Waals surface area contributed by atoms with Gasteiger partial charge < -0.3 is 25.7 Å². The number of aromatic nitrogens is 1. The first kappa shape index (κ1) is 23.9. The summed E-state index contributed by atoms with van der Waals surface area (Å²) in [4.78, 5) is 37.9. The van der Waals surface area contributed by atoms with Gasteiger partial charge in [-0.1, -0.05) is 28.1 Å². The van der Waals surface area contributed by atoms with Crippen molar-refractivity contribution in [2.24, 2.45) is 0 Å². The lowest BCUT2D eigenvalue weighted by Crippen LogP contribution is -2.24. The zero-order valence-corrected chi connectivity index (χ0v) is 18.0. The van der Waals surface area contributed by atoms with Crippen molar-refractivity contribution in [1.29, 1.82) is 0 Å². The van der Waals surface area contributed by atoms with E-state index < -0.39 is 51.7 Å². The number of rotatable bonds is 6. The van der Waals surface area contributed by atoms with Gasteiger partial charge in [0.05, 0.1) is 5.56 Å². The number of nitrogens with two attached hydrogens (primary N) is 1. The number of aromatic carboxylic acids is 2. The zero-order chi connectivity index (χ0) is 24.5. The Balaban J connectivity index is 2.16. The van der Waals surface area contributed by atoms with E-state index >= 15 is 0 Å². The fourth-order valence-corrected chi connectivity index (χ4v) is 3.50. The number of nitrogen functional groups attached to an aromatic ring is 1. The van der Waals surface area contributed by atoms with E-state index in [1.165, 1.54) is 30.3 Å². The number of nitrogens with one attached hydrogen (secondary N) is 1. The number of H-pyrrole nitrogens is 1. The van der Waals surface area contributed by atoms with Gasteiger partial charge in [0.1, 0.15) is 29.3 Å². The molecule has 0 atom stereocenters. The number of halogens is 4. The van der Waals surface area contributed by atoms with Crippen LogP contribution in [0.5, 0.6) is 5.75 Å². The molecule has 0 aliphatic carbocycles. The average Bonchev–Trinajstić information content (AvgIpc) is 2.71. The van der Waals surface area contributed by atoms with Crippen LogP contribution in [0.15, 0.2) is 51.7 Å². The first-order valence-electron chi connectivity index (χ1n) is 9.01. The van der Waals surface area contributed by atoms with Crippen LogP contribution in [0.2, 0.25) is 0 Å². The van der Waals surface area contributed by atoms with Crippen LogP contribution < -0.4 is 16.0 Å². The molecule has 0 fully saturated rings. The highest BCUT2D eigenvalue weighted by Gasteiger charge is 2.31. The van der Waals surface area contributed by atoms with Crippen LogP contribution in [0.3, 0.4) is 0 Å². The number of carboxylic acids is 2. The number of alkyl halides is 3. The van der Waals surface area contributed by atoms with Crippen molar-refractivity contribution < 1.29 is 37.7 Å². The number of hydrogen-bond donors (Lipinski definition) is 4. The fourth-order valence-electron chi connectivity index (χ4n) is 3.14. The highest BCUT2D eigenvalue weighted by molar-refractivity contribution is 9.10. The maximum atomic E-state index is 13.0. The van der Waals surface area contributed by atoms with E-state index in [4.69, 9.17) is 10.5 Å². The molecule has 2 aromatic carbocycles. The van der Waals surface area contributed by atoms with E-state index in [1.54, 1.807) is 0 Å². The molecule has 3 aromatic rings. The number of pyridine rings is 1. The minimum absolute atomic E-state index is 0.0781. The number of ether oxygens (including phenoxy) is 1. The van der Waals surface area contributed by atoms with Crippen LogP contribution in [-0.2, 0) is 12.8 Å². The van der Waals surface area contributed by atoms with Crippen LogP contribution in [0.25, 0.3) is 11.1 Å². The van der Waals surface area contributed by atoms with Gasteiger partial charge in [0.2, 0.25) is 0 Å². The summed E-state index contributed by atoms with van der Waals surface area (Å²) in [5, 5.41) is 19.2. The molecule has 0 amide bonds. The van der Waals surface area contributed by atoms with E-state index in [0.717, 1.165) is 12.1 Å².